The number of carbonyl (C=O) groups is 2. The molecule has 2 aromatic carbocycles. The highest BCUT2D eigenvalue weighted by molar-refractivity contribution is 7.20. The fourth-order valence-corrected chi connectivity index (χ4v) is 4.46. The Hall–Kier alpha value is -3.37. The van der Waals surface area contributed by atoms with Crippen LogP contribution in [-0.4, -0.2) is 28.3 Å². The molecule has 0 aliphatic heterocycles. The minimum atomic E-state index is -4.72. The minimum Gasteiger partial charge on any atom is -0.451 e. The van der Waals surface area contributed by atoms with E-state index < -0.39 is 35.9 Å². The van der Waals surface area contributed by atoms with E-state index in [-0.39, 0.29) is 9.90 Å². The summed E-state index contributed by atoms with van der Waals surface area (Å²) < 4.78 is 46.2. The molecule has 6 nitrogen and oxygen atoms in total. The Bertz CT molecular complexity index is 1350. The first kappa shape index (κ1) is 22.8. The van der Waals surface area contributed by atoms with Crippen LogP contribution in [0.1, 0.15) is 20.9 Å². The van der Waals surface area contributed by atoms with Gasteiger partial charge < -0.3 is 10.1 Å². The van der Waals surface area contributed by atoms with Crippen molar-refractivity contribution in [1.29, 1.82) is 0 Å². The summed E-state index contributed by atoms with van der Waals surface area (Å²) in [5.74, 6) is -1.73. The van der Waals surface area contributed by atoms with Crippen molar-refractivity contribution in [3.05, 3.63) is 75.8 Å². The molecule has 0 aliphatic rings. The molecule has 11 heteroatoms. The topological polar surface area (TPSA) is 73.2 Å². The molecule has 0 saturated carbocycles. The van der Waals surface area contributed by atoms with E-state index in [2.05, 4.69) is 10.4 Å². The molecule has 1 N–H and O–H groups in total. The summed E-state index contributed by atoms with van der Waals surface area (Å²) in [7, 11) is 0. The number of hydrogen-bond acceptors (Lipinski definition) is 5. The summed E-state index contributed by atoms with van der Waals surface area (Å²) >= 11 is 6.96. The van der Waals surface area contributed by atoms with Gasteiger partial charge in [-0.3, -0.25) is 4.79 Å². The number of aromatic nitrogens is 2. The Balaban J connectivity index is 1.48. The molecular formula is C22H15ClF3N3O3S. The van der Waals surface area contributed by atoms with E-state index in [9.17, 15) is 22.8 Å². The fraction of sp³-hybridized carbons (Fsp3) is 0.136. The third-order valence-corrected chi connectivity index (χ3v) is 6.07. The number of nitrogens with zero attached hydrogens (tertiary/aromatic N) is 2. The number of ether oxygens (including phenoxy) is 1. The molecule has 0 unspecified atom stereocenters. The highest BCUT2D eigenvalue weighted by atomic mass is 35.5. The number of alkyl halides is 3. The van der Waals surface area contributed by atoms with E-state index in [0.29, 0.717) is 5.69 Å². The number of halogens is 4. The van der Waals surface area contributed by atoms with Gasteiger partial charge in [-0.05, 0) is 37.3 Å². The highest BCUT2D eigenvalue weighted by Crippen LogP contribution is 2.38. The molecule has 0 spiro atoms. The zero-order chi connectivity index (χ0) is 23.8. The van der Waals surface area contributed by atoms with Crippen LogP contribution in [0.15, 0.2) is 54.6 Å². The Morgan fingerprint density at radius 3 is 2.58 bits per heavy atom. The Morgan fingerprint density at radius 2 is 1.88 bits per heavy atom. The first-order valence-electron chi connectivity index (χ1n) is 9.52. The van der Waals surface area contributed by atoms with Gasteiger partial charge in [0.2, 0.25) is 0 Å². The summed E-state index contributed by atoms with van der Waals surface area (Å²) in [5, 5.41) is 7.03. The lowest BCUT2D eigenvalue weighted by atomic mass is 10.1. The van der Waals surface area contributed by atoms with Crippen molar-refractivity contribution in [3.63, 3.8) is 0 Å². The third-order valence-electron chi connectivity index (χ3n) is 4.66. The van der Waals surface area contributed by atoms with E-state index >= 15 is 0 Å². The molecule has 4 aromatic rings. The SMILES string of the molecule is Cc1nn(-c2ccccc2)c2sc(C(=O)OCC(=O)Nc3c(Cl)cccc3C(F)(F)F)cc12. The quantitative estimate of drug-likeness (QED) is 0.353. The number of nitrogens with one attached hydrogen (secondary N) is 1. The Labute approximate surface area is 194 Å². The summed E-state index contributed by atoms with van der Waals surface area (Å²) in [6.07, 6.45) is -4.72. The minimum absolute atomic E-state index is 0.233. The number of rotatable bonds is 5. The average molecular weight is 494 g/mol. The third kappa shape index (κ3) is 4.71. The second-order valence-corrected chi connectivity index (χ2v) is 8.38. The molecule has 0 aliphatic carbocycles. The summed E-state index contributed by atoms with van der Waals surface area (Å²) in [4.78, 5) is 25.6. The van der Waals surface area contributed by atoms with Gasteiger partial charge in [0.15, 0.2) is 6.61 Å². The van der Waals surface area contributed by atoms with Gasteiger partial charge in [0.05, 0.1) is 27.7 Å². The lowest BCUT2D eigenvalue weighted by molar-refractivity contribution is -0.137. The lowest BCUT2D eigenvalue weighted by Gasteiger charge is -2.15. The number of carbonyl (C=O) groups excluding carboxylic acids is 2. The molecule has 4 rings (SSSR count). The molecule has 33 heavy (non-hydrogen) atoms. The number of amides is 1. The zero-order valence-electron chi connectivity index (χ0n) is 16.9. The van der Waals surface area contributed by atoms with Crippen LogP contribution in [0, 0.1) is 6.92 Å². The van der Waals surface area contributed by atoms with Crippen LogP contribution in [0.2, 0.25) is 5.02 Å². The fourth-order valence-electron chi connectivity index (χ4n) is 3.16. The molecule has 170 valence electrons. The van der Waals surface area contributed by atoms with Gasteiger partial charge in [0.1, 0.15) is 9.71 Å². The maximum Gasteiger partial charge on any atom is 0.418 e. The van der Waals surface area contributed by atoms with Crippen molar-refractivity contribution < 1.29 is 27.5 Å². The highest BCUT2D eigenvalue weighted by Gasteiger charge is 2.35. The summed E-state index contributed by atoms with van der Waals surface area (Å²) in [6, 6.07) is 14.1. The van der Waals surface area contributed by atoms with Gasteiger partial charge in [-0.2, -0.15) is 18.3 Å². The van der Waals surface area contributed by atoms with E-state index in [4.69, 9.17) is 16.3 Å². The van der Waals surface area contributed by atoms with Crippen LogP contribution >= 0.6 is 22.9 Å². The van der Waals surface area contributed by atoms with Gasteiger partial charge in [-0.1, -0.05) is 35.9 Å². The summed E-state index contributed by atoms with van der Waals surface area (Å²) in [6.45, 7) is 1.03. The maximum absolute atomic E-state index is 13.2. The van der Waals surface area contributed by atoms with Crippen LogP contribution in [0.5, 0.6) is 0 Å². The van der Waals surface area contributed by atoms with Crippen molar-refractivity contribution in [3.8, 4) is 5.69 Å². The molecule has 0 atom stereocenters. The number of esters is 1. The van der Waals surface area contributed by atoms with Crippen molar-refractivity contribution in [1.82, 2.24) is 9.78 Å². The number of benzene rings is 2. The van der Waals surface area contributed by atoms with Gasteiger partial charge in [-0.15, -0.1) is 11.3 Å². The van der Waals surface area contributed by atoms with Crippen LogP contribution in [-0.2, 0) is 15.7 Å². The molecule has 2 aromatic heterocycles. The first-order valence-corrected chi connectivity index (χ1v) is 10.7. The van der Waals surface area contributed by atoms with Crippen molar-refractivity contribution >= 4 is 50.7 Å². The first-order chi connectivity index (χ1) is 15.6. The van der Waals surface area contributed by atoms with Crippen molar-refractivity contribution in [2.45, 2.75) is 13.1 Å². The van der Waals surface area contributed by atoms with E-state index in [1.807, 2.05) is 30.3 Å². The smallest absolute Gasteiger partial charge is 0.418 e. The zero-order valence-corrected chi connectivity index (χ0v) is 18.5. The number of para-hydroxylation sites is 2. The molecule has 0 bridgehead atoms. The second-order valence-electron chi connectivity index (χ2n) is 6.95. The normalized spacial score (nSPS) is 11.5. The number of thiophene rings is 1. The Morgan fingerprint density at radius 1 is 1.15 bits per heavy atom. The molecule has 2 heterocycles. The van der Waals surface area contributed by atoms with Crippen molar-refractivity contribution in [2.24, 2.45) is 0 Å². The van der Waals surface area contributed by atoms with Crippen LogP contribution in [0.25, 0.3) is 15.9 Å². The number of anilines is 1. The van der Waals surface area contributed by atoms with E-state index in [1.165, 1.54) is 6.07 Å². The van der Waals surface area contributed by atoms with Gasteiger partial charge >= 0.3 is 12.1 Å². The second kappa shape index (κ2) is 8.87. The van der Waals surface area contributed by atoms with E-state index in [1.54, 1.807) is 17.7 Å². The molecule has 0 fully saturated rings. The summed E-state index contributed by atoms with van der Waals surface area (Å²) in [5.41, 5.74) is -0.162. The largest absolute Gasteiger partial charge is 0.451 e. The van der Waals surface area contributed by atoms with Gasteiger partial charge in [0.25, 0.3) is 5.91 Å². The number of hydrogen-bond donors (Lipinski definition) is 1. The van der Waals surface area contributed by atoms with Crippen LogP contribution in [0.3, 0.4) is 0 Å². The van der Waals surface area contributed by atoms with Gasteiger partial charge in [-0.25, -0.2) is 9.48 Å². The van der Waals surface area contributed by atoms with Crippen LogP contribution < -0.4 is 5.32 Å². The van der Waals surface area contributed by atoms with E-state index in [0.717, 1.165) is 39.4 Å². The predicted octanol–water partition coefficient (Wildman–Crippen LogP) is 5.86. The van der Waals surface area contributed by atoms with Crippen molar-refractivity contribution in [2.75, 3.05) is 11.9 Å². The molecule has 0 saturated heterocycles. The van der Waals surface area contributed by atoms with Gasteiger partial charge in [0, 0.05) is 5.39 Å². The Kier molecular flexibility index (Phi) is 6.13. The standard InChI is InChI=1S/C22H15ClF3N3O3S/c1-12-14-10-17(33-20(14)29(28-12)13-6-3-2-4-7-13)21(31)32-11-18(30)27-19-15(22(24,25)26)8-5-9-16(19)23/h2-10H,11H2,1H3,(H,27,30). The molecular weight excluding hydrogens is 479 g/mol. The lowest BCUT2D eigenvalue weighted by Crippen LogP contribution is -2.22. The molecule has 1 amide bonds. The number of fused-ring (bicyclic) bond motifs is 1. The number of aryl methyl sites for hydroxylation is 1. The maximum atomic E-state index is 13.2. The molecule has 0 radical (unpaired) electrons. The predicted molar refractivity (Wildman–Crippen MR) is 119 cm³/mol. The average Bonchev–Trinajstić information content (AvgIpc) is 3.34. The monoisotopic (exact) mass is 493 g/mol. The van der Waals surface area contributed by atoms with Crippen LogP contribution in [0.4, 0.5) is 18.9 Å².